The molecule has 0 unspecified atom stereocenters. The van der Waals surface area contributed by atoms with Gasteiger partial charge in [0.25, 0.3) is 0 Å². The first-order valence-corrected chi connectivity index (χ1v) is 8.72. The number of thiazole rings is 1. The monoisotopic (exact) mass is 310 g/mol. The predicted octanol–water partition coefficient (Wildman–Crippen LogP) is 3.29. The zero-order valence-electron chi connectivity index (χ0n) is 14.1. The van der Waals surface area contributed by atoms with Gasteiger partial charge in [-0.05, 0) is 26.2 Å². The van der Waals surface area contributed by atoms with Gasteiger partial charge in [-0.25, -0.2) is 4.98 Å². The molecule has 0 fully saturated rings. The lowest BCUT2D eigenvalue weighted by Gasteiger charge is -2.12. The molecule has 0 radical (unpaired) electrons. The Bertz CT molecular complexity index is 437. The summed E-state index contributed by atoms with van der Waals surface area (Å²) in [5.41, 5.74) is 1.16. The lowest BCUT2D eigenvalue weighted by atomic mass is 10.1. The maximum Gasteiger partial charge on any atom is 0.190 e. The Hall–Kier alpha value is -1.10. The van der Waals surface area contributed by atoms with E-state index in [9.17, 15) is 0 Å². The molecule has 1 heterocycles. The summed E-state index contributed by atoms with van der Waals surface area (Å²) in [6, 6.07) is 0. The van der Waals surface area contributed by atoms with Crippen molar-refractivity contribution in [1.82, 2.24) is 15.6 Å². The van der Waals surface area contributed by atoms with E-state index in [0.29, 0.717) is 0 Å². The lowest BCUT2D eigenvalue weighted by molar-refractivity contribution is 0.534. The molecule has 0 aliphatic heterocycles. The summed E-state index contributed by atoms with van der Waals surface area (Å²) in [6.45, 7) is 10.6. The minimum atomic E-state index is 0.800. The van der Waals surface area contributed by atoms with Crippen LogP contribution in [0, 0.1) is 19.8 Å². The van der Waals surface area contributed by atoms with Crippen molar-refractivity contribution in [3.8, 4) is 0 Å². The number of nitrogens with one attached hydrogen (secondary N) is 2. The Kier molecular flexibility index (Phi) is 8.35. The average molecular weight is 311 g/mol. The smallest absolute Gasteiger partial charge is 0.190 e. The van der Waals surface area contributed by atoms with Crippen molar-refractivity contribution in [3.05, 3.63) is 15.6 Å². The topological polar surface area (TPSA) is 49.3 Å². The second kappa shape index (κ2) is 9.77. The van der Waals surface area contributed by atoms with E-state index in [1.54, 1.807) is 11.3 Å². The van der Waals surface area contributed by atoms with Crippen LogP contribution in [-0.4, -0.2) is 31.1 Å². The maximum atomic E-state index is 4.46. The number of rotatable bonds is 8. The van der Waals surface area contributed by atoms with Gasteiger partial charge in [-0.15, -0.1) is 11.3 Å². The Labute approximate surface area is 133 Å². The zero-order valence-corrected chi connectivity index (χ0v) is 14.9. The molecular weight excluding hydrogens is 280 g/mol. The van der Waals surface area contributed by atoms with Gasteiger partial charge in [-0.1, -0.05) is 26.7 Å². The molecule has 2 N–H and O–H groups in total. The molecule has 0 saturated carbocycles. The minimum absolute atomic E-state index is 0.800. The van der Waals surface area contributed by atoms with Crippen LogP contribution in [0.4, 0.5) is 0 Å². The molecule has 0 saturated heterocycles. The van der Waals surface area contributed by atoms with Crippen molar-refractivity contribution >= 4 is 17.3 Å². The third kappa shape index (κ3) is 7.46. The van der Waals surface area contributed by atoms with Gasteiger partial charge in [0, 0.05) is 31.4 Å². The molecule has 1 rings (SSSR count). The molecule has 0 atom stereocenters. The highest BCUT2D eigenvalue weighted by Crippen LogP contribution is 2.16. The normalized spacial score (nSPS) is 12.0. The van der Waals surface area contributed by atoms with Crippen molar-refractivity contribution in [2.75, 3.05) is 20.1 Å². The Morgan fingerprint density at radius 2 is 1.90 bits per heavy atom. The van der Waals surface area contributed by atoms with Gasteiger partial charge in [-0.3, -0.25) is 4.99 Å². The van der Waals surface area contributed by atoms with Crippen molar-refractivity contribution < 1.29 is 0 Å². The minimum Gasteiger partial charge on any atom is -0.356 e. The van der Waals surface area contributed by atoms with Crippen molar-refractivity contribution in [3.63, 3.8) is 0 Å². The summed E-state index contributed by atoms with van der Waals surface area (Å²) in [4.78, 5) is 10.1. The Balaban J connectivity index is 2.18. The molecule has 0 aliphatic rings. The molecule has 0 spiro atoms. The molecule has 1 aromatic heterocycles. The van der Waals surface area contributed by atoms with Crippen LogP contribution in [0.1, 0.15) is 48.7 Å². The molecule has 0 aliphatic carbocycles. The molecule has 0 amide bonds. The fourth-order valence-electron chi connectivity index (χ4n) is 2.20. The molecule has 4 nitrogen and oxygen atoms in total. The SMILES string of the molecule is CN=C(NCCCCC(C)C)NCCc1sc(C)nc1C. The number of aryl methyl sites for hydroxylation is 2. The van der Waals surface area contributed by atoms with Crippen LogP contribution < -0.4 is 10.6 Å². The van der Waals surface area contributed by atoms with Crippen LogP contribution in [-0.2, 0) is 6.42 Å². The number of aliphatic imine (C=N–C) groups is 1. The first kappa shape index (κ1) is 18.0. The third-order valence-corrected chi connectivity index (χ3v) is 4.50. The number of aromatic nitrogens is 1. The summed E-state index contributed by atoms with van der Waals surface area (Å²) in [7, 11) is 1.82. The van der Waals surface area contributed by atoms with Gasteiger partial charge in [-0.2, -0.15) is 0 Å². The van der Waals surface area contributed by atoms with Crippen LogP contribution in [0.3, 0.4) is 0 Å². The van der Waals surface area contributed by atoms with Gasteiger partial charge in [0.15, 0.2) is 5.96 Å². The quantitative estimate of drug-likeness (QED) is 0.440. The van der Waals surface area contributed by atoms with E-state index in [-0.39, 0.29) is 0 Å². The number of unbranched alkanes of at least 4 members (excludes halogenated alkanes) is 1. The molecule has 0 bridgehead atoms. The summed E-state index contributed by atoms with van der Waals surface area (Å²) in [5.74, 6) is 1.70. The van der Waals surface area contributed by atoms with Crippen molar-refractivity contribution in [2.45, 2.75) is 53.4 Å². The standard InChI is InChI=1S/C16H30N4S/c1-12(2)8-6-7-10-18-16(17-5)19-11-9-15-13(3)20-14(4)21-15/h12H,6-11H2,1-5H3,(H2,17,18,19). The summed E-state index contributed by atoms with van der Waals surface area (Å²) < 4.78 is 0. The number of guanidine groups is 1. The van der Waals surface area contributed by atoms with E-state index in [4.69, 9.17) is 0 Å². The van der Waals surface area contributed by atoms with E-state index >= 15 is 0 Å². The van der Waals surface area contributed by atoms with Crippen LogP contribution in [0.15, 0.2) is 4.99 Å². The van der Waals surface area contributed by atoms with Crippen LogP contribution in [0.5, 0.6) is 0 Å². The zero-order chi connectivity index (χ0) is 15.7. The first-order chi connectivity index (χ1) is 10.0. The summed E-state index contributed by atoms with van der Waals surface area (Å²) in [6.07, 6.45) is 4.79. The largest absolute Gasteiger partial charge is 0.356 e. The molecule has 0 aromatic carbocycles. The highest BCUT2D eigenvalue weighted by molar-refractivity contribution is 7.11. The molecular formula is C16H30N4S. The van der Waals surface area contributed by atoms with E-state index in [2.05, 4.69) is 48.3 Å². The van der Waals surface area contributed by atoms with Crippen LogP contribution in [0.2, 0.25) is 0 Å². The van der Waals surface area contributed by atoms with Crippen LogP contribution in [0.25, 0.3) is 0 Å². The highest BCUT2D eigenvalue weighted by atomic mass is 32.1. The predicted molar refractivity (Wildman–Crippen MR) is 93.3 cm³/mol. The fourth-order valence-corrected chi connectivity index (χ4v) is 3.14. The molecule has 21 heavy (non-hydrogen) atoms. The van der Waals surface area contributed by atoms with Gasteiger partial charge < -0.3 is 10.6 Å². The van der Waals surface area contributed by atoms with E-state index < -0.39 is 0 Å². The number of nitrogens with zero attached hydrogens (tertiary/aromatic N) is 2. The second-order valence-corrected chi connectivity index (χ2v) is 7.09. The Morgan fingerprint density at radius 1 is 1.19 bits per heavy atom. The maximum absolute atomic E-state index is 4.46. The summed E-state index contributed by atoms with van der Waals surface area (Å²) in [5, 5.41) is 7.90. The third-order valence-electron chi connectivity index (χ3n) is 3.37. The van der Waals surface area contributed by atoms with Gasteiger partial charge in [0.1, 0.15) is 0 Å². The van der Waals surface area contributed by atoms with Crippen molar-refractivity contribution in [1.29, 1.82) is 0 Å². The van der Waals surface area contributed by atoms with E-state index in [1.807, 2.05) is 7.05 Å². The van der Waals surface area contributed by atoms with E-state index in [0.717, 1.165) is 42.1 Å². The Morgan fingerprint density at radius 3 is 2.48 bits per heavy atom. The first-order valence-electron chi connectivity index (χ1n) is 7.90. The lowest BCUT2D eigenvalue weighted by Crippen LogP contribution is -2.38. The number of hydrogen-bond donors (Lipinski definition) is 2. The molecule has 5 heteroatoms. The highest BCUT2D eigenvalue weighted by Gasteiger charge is 2.05. The van der Waals surface area contributed by atoms with E-state index in [1.165, 1.54) is 24.1 Å². The number of hydrogen-bond acceptors (Lipinski definition) is 3. The molecule has 1 aromatic rings. The average Bonchev–Trinajstić information content (AvgIpc) is 2.74. The van der Waals surface area contributed by atoms with Crippen LogP contribution >= 0.6 is 11.3 Å². The molecule has 120 valence electrons. The second-order valence-electron chi connectivity index (χ2n) is 5.81. The summed E-state index contributed by atoms with van der Waals surface area (Å²) >= 11 is 1.79. The fraction of sp³-hybridized carbons (Fsp3) is 0.750. The van der Waals surface area contributed by atoms with Gasteiger partial charge in [0.2, 0.25) is 0 Å². The van der Waals surface area contributed by atoms with Crippen molar-refractivity contribution in [2.24, 2.45) is 10.9 Å². The van der Waals surface area contributed by atoms with Gasteiger partial charge in [0.05, 0.1) is 10.7 Å². The van der Waals surface area contributed by atoms with Gasteiger partial charge >= 0.3 is 0 Å².